The van der Waals surface area contributed by atoms with Gasteiger partial charge in [0.1, 0.15) is 33.5 Å². The Morgan fingerprint density at radius 3 is 2.07 bits per heavy atom. The minimum atomic E-state index is -2.03. The zero-order valence-electron chi connectivity index (χ0n) is 21.5. The van der Waals surface area contributed by atoms with Gasteiger partial charge in [-0.15, -0.1) is 11.6 Å². The molecule has 5 atom stereocenters. The average molecular weight is 576 g/mol. The van der Waals surface area contributed by atoms with E-state index in [1.165, 1.54) is 20.1 Å². The number of allylic oxidation sites excluding steroid dienone is 1. The first-order chi connectivity index (χ1) is 19.4. The van der Waals surface area contributed by atoms with Gasteiger partial charge in [-0.1, -0.05) is 31.2 Å². The van der Waals surface area contributed by atoms with Gasteiger partial charge in [-0.25, -0.2) is 4.79 Å². The van der Waals surface area contributed by atoms with Crippen molar-refractivity contribution in [3.63, 3.8) is 0 Å². The summed E-state index contributed by atoms with van der Waals surface area (Å²) >= 11 is 7.57. The van der Waals surface area contributed by atoms with E-state index >= 15 is 0 Å². The maximum Gasteiger partial charge on any atom is 0.335 e. The molecule has 3 aliphatic carbocycles. The molecule has 0 aromatic heterocycles. The lowest BCUT2D eigenvalue weighted by Gasteiger charge is -2.63. The molecule has 0 fully saturated rings. The first kappa shape index (κ1) is 25.4. The number of carboxylic acids is 1. The largest absolute Gasteiger partial charge is 0.507 e. The fourth-order valence-corrected chi connectivity index (χ4v) is 8.12. The second kappa shape index (κ2) is 7.80. The molecule has 0 spiro atoms. The van der Waals surface area contributed by atoms with Crippen LogP contribution in [0.25, 0.3) is 0 Å². The number of hydrogen-bond donors (Lipinski definition) is 6. The van der Waals surface area contributed by atoms with Gasteiger partial charge in [0.2, 0.25) is 11.6 Å². The predicted molar refractivity (Wildman–Crippen MR) is 144 cm³/mol. The van der Waals surface area contributed by atoms with Crippen LogP contribution in [0, 0.1) is 5.92 Å². The molecular formula is C30H22ClNO9. The number of hydrogen-bond acceptors (Lipinski definition) is 9. The molecule has 0 saturated carbocycles. The molecule has 1 heterocycles. The summed E-state index contributed by atoms with van der Waals surface area (Å²) in [5, 5.41) is 58.2. The standard InChI is InChI=1S/C30H22ClNO9/c1-10-17(28(38)39)26(41-2)22-11-5-3-4-6-12(11)27-30(10,40)29(22,31)13-9-16(35)20-21(23(13)32-27)25(37)19-15(34)8-7-14(33)18(19)24(20)36/h3-10,22,27,32-35,40H,1-2H3,(H,38,39). The first-order valence-electron chi connectivity index (χ1n) is 12.7. The van der Waals surface area contributed by atoms with Gasteiger partial charge in [0.25, 0.3) is 0 Å². The third kappa shape index (κ3) is 2.65. The monoisotopic (exact) mass is 575 g/mol. The van der Waals surface area contributed by atoms with E-state index in [2.05, 4.69) is 5.32 Å². The van der Waals surface area contributed by atoms with Crippen LogP contribution in [0.5, 0.6) is 17.2 Å². The number of aliphatic carboxylic acids is 1. The molecule has 6 N–H and O–H groups in total. The Morgan fingerprint density at radius 2 is 1.49 bits per heavy atom. The van der Waals surface area contributed by atoms with Crippen LogP contribution in [0.1, 0.15) is 67.4 Å². The third-order valence-electron chi connectivity index (χ3n) is 9.17. The van der Waals surface area contributed by atoms with E-state index in [0.717, 1.165) is 12.1 Å². The van der Waals surface area contributed by atoms with Crippen LogP contribution in [0.3, 0.4) is 0 Å². The second-order valence-corrected chi connectivity index (χ2v) is 11.4. The lowest BCUT2D eigenvalue weighted by atomic mass is 9.50. The van der Waals surface area contributed by atoms with Crippen molar-refractivity contribution in [2.45, 2.75) is 29.4 Å². The predicted octanol–water partition coefficient (Wildman–Crippen LogP) is 3.64. The summed E-state index contributed by atoms with van der Waals surface area (Å²) in [5.41, 5.74) is -2.53. The number of methoxy groups -OCH3 is 1. The van der Waals surface area contributed by atoms with Gasteiger partial charge in [0.15, 0.2) is 0 Å². The normalized spacial score (nSPS) is 28.6. The Kier molecular flexibility index (Phi) is 4.84. The lowest BCUT2D eigenvalue weighted by Crippen LogP contribution is -2.68. The average Bonchev–Trinajstić information content (AvgIpc) is 2.93. The molecule has 208 valence electrons. The van der Waals surface area contributed by atoms with Crippen molar-refractivity contribution in [3.05, 3.63) is 92.7 Å². The van der Waals surface area contributed by atoms with E-state index in [1.807, 2.05) is 0 Å². The van der Waals surface area contributed by atoms with E-state index in [4.69, 9.17) is 16.3 Å². The van der Waals surface area contributed by atoms with Crippen LogP contribution < -0.4 is 5.32 Å². The summed E-state index contributed by atoms with van der Waals surface area (Å²) in [6.45, 7) is 1.52. The van der Waals surface area contributed by atoms with Crippen molar-refractivity contribution in [3.8, 4) is 17.2 Å². The van der Waals surface area contributed by atoms with Gasteiger partial charge < -0.3 is 35.6 Å². The van der Waals surface area contributed by atoms with Crippen LogP contribution in [-0.4, -0.2) is 55.8 Å². The van der Waals surface area contributed by atoms with Gasteiger partial charge in [-0.05, 0) is 29.3 Å². The number of nitrogens with one attached hydrogen (secondary N) is 1. The number of carboxylic acid groups (broad SMARTS) is 1. The summed E-state index contributed by atoms with van der Waals surface area (Å²) in [7, 11) is 1.31. The summed E-state index contributed by atoms with van der Waals surface area (Å²) in [6.07, 6.45) is 0. The van der Waals surface area contributed by atoms with E-state index < -0.39 is 79.8 Å². The van der Waals surface area contributed by atoms with Gasteiger partial charge in [-0.3, -0.25) is 9.59 Å². The number of ketones is 2. The third-order valence-corrected chi connectivity index (χ3v) is 9.89. The smallest absolute Gasteiger partial charge is 0.335 e. The van der Waals surface area contributed by atoms with Crippen LogP contribution >= 0.6 is 11.6 Å². The zero-order chi connectivity index (χ0) is 29.3. The molecule has 0 amide bonds. The number of aromatic hydroxyl groups is 3. The molecule has 4 aliphatic rings. The lowest BCUT2D eigenvalue weighted by molar-refractivity contribution is -0.139. The Morgan fingerprint density at radius 1 is 0.927 bits per heavy atom. The van der Waals surface area contributed by atoms with E-state index in [0.29, 0.717) is 11.1 Å². The number of halogens is 1. The summed E-state index contributed by atoms with van der Waals surface area (Å²) < 4.78 is 5.69. The van der Waals surface area contributed by atoms with E-state index in [-0.39, 0.29) is 28.1 Å². The highest BCUT2D eigenvalue weighted by Gasteiger charge is 2.73. The van der Waals surface area contributed by atoms with E-state index in [9.17, 15) is 39.9 Å². The number of carbonyl (C=O) groups excluding carboxylic acids is 2. The van der Waals surface area contributed by atoms with Crippen LogP contribution in [0.2, 0.25) is 0 Å². The fourth-order valence-electron chi connectivity index (χ4n) is 7.48. The molecular weight excluding hydrogens is 554 g/mol. The van der Waals surface area contributed by atoms with Gasteiger partial charge in [0, 0.05) is 11.5 Å². The number of rotatable bonds is 2. The maximum atomic E-state index is 14.0. The molecule has 4 bridgehead atoms. The zero-order valence-corrected chi connectivity index (χ0v) is 22.3. The minimum absolute atomic E-state index is 0.0101. The molecule has 0 saturated heterocycles. The minimum Gasteiger partial charge on any atom is -0.507 e. The maximum absolute atomic E-state index is 14.0. The highest BCUT2D eigenvalue weighted by molar-refractivity contribution is 6.34. The van der Waals surface area contributed by atoms with Crippen LogP contribution in [0.15, 0.2) is 53.8 Å². The van der Waals surface area contributed by atoms with Gasteiger partial charge >= 0.3 is 5.97 Å². The van der Waals surface area contributed by atoms with Crippen molar-refractivity contribution in [1.82, 2.24) is 0 Å². The molecule has 0 radical (unpaired) electrons. The quantitative estimate of drug-likeness (QED) is 0.153. The Labute approximate surface area is 237 Å². The number of alkyl halides is 1. The Balaban J connectivity index is 1.62. The number of ether oxygens (including phenoxy) is 1. The summed E-state index contributed by atoms with van der Waals surface area (Å²) in [6, 6.07) is 9.24. The number of anilines is 1. The Hall–Kier alpha value is -4.54. The van der Waals surface area contributed by atoms with Crippen molar-refractivity contribution in [2.24, 2.45) is 5.92 Å². The number of phenols is 3. The SMILES string of the molecule is COC1=C(C(=O)O)C(C)C2(O)C3Nc4c(cc(O)c5c4C(=O)c4c(O)ccc(O)c4C5=O)C2(Cl)C1c1ccccc13. The number of fused-ring (bicyclic) bond motifs is 7. The Bertz CT molecular complexity index is 1830. The first-order valence-corrected chi connectivity index (χ1v) is 13.1. The van der Waals surface area contributed by atoms with Gasteiger partial charge in [0.05, 0.1) is 52.6 Å². The molecule has 1 aliphatic heterocycles. The highest BCUT2D eigenvalue weighted by Crippen LogP contribution is 2.72. The van der Waals surface area contributed by atoms with Crippen LogP contribution in [-0.2, 0) is 14.4 Å². The highest BCUT2D eigenvalue weighted by atomic mass is 35.5. The van der Waals surface area contributed by atoms with Crippen molar-refractivity contribution in [2.75, 3.05) is 12.4 Å². The molecule has 10 nitrogen and oxygen atoms in total. The van der Waals surface area contributed by atoms with Crippen molar-refractivity contribution in [1.29, 1.82) is 0 Å². The number of carbonyl (C=O) groups is 3. The van der Waals surface area contributed by atoms with E-state index in [1.54, 1.807) is 24.3 Å². The number of benzene rings is 3. The summed E-state index contributed by atoms with van der Waals surface area (Å²) in [5.74, 6) is -6.93. The molecule has 3 aromatic carbocycles. The number of phenolic OH excluding ortho intramolecular Hbond substituents is 3. The number of aliphatic hydroxyl groups is 1. The molecule has 11 heteroatoms. The van der Waals surface area contributed by atoms with Crippen LogP contribution in [0.4, 0.5) is 5.69 Å². The van der Waals surface area contributed by atoms with Crippen molar-refractivity contribution < 1.29 is 44.7 Å². The van der Waals surface area contributed by atoms with Gasteiger partial charge in [-0.2, -0.15) is 0 Å². The molecule has 5 unspecified atom stereocenters. The molecule has 3 aromatic rings. The van der Waals surface area contributed by atoms with Crippen molar-refractivity contribution >= 4 is 34.8 Å². The molecule has 41 heavy (non-hydrogen) atoms. The topological polar surface area (TPSA) is 174 Å². The second-order valence-electron chi connectivity index (χ2n) is 10.8. The summed E-state index contributed by atoms with van der Waals surface area (Å²) in [4.78, 5) is 38.2. The molecule has 7 rings (SSSR count). The fraction of sp³-hybridized carbons (Fsp3) is 0.233.